The van der Waals surface area contributed by atoms with Gasteiger partial charge in [-0.3, -0.25) is 9.78 Å². The minimum absolute atomic E-state index is 0.344. The average Bonchev–Trinajstić information content (AvgIpc) is 2.61. The van der Waals surface area contributed by atoms with Gasteiger partial charge in [0.15, 0.2) is 6.61 Å². The monoisotopic (exact) mass is 320 g/mol. The molecule has 0 radical (unpaired) electrons. The van der Waals surface area contributed by atoms with E-state index < -0.39 is 5.97 Å². The Balaban J connectivity index is 1.64. The molecule has 0 spiro atoms. The molecule has 0 fully saturated rings. The van der Waals surface area contributed by atoms with Crippen LogP contribution in [0, 0.1) is 6.92 Å². The molecule has 0 bridgehead atoms. The number of benzene rings is 2. The summed E-state index contributed by atoms with van der Waals surface area (Å²) < 4.78 is 5.12. The molecule has 5 nitrogen and oxygen atoms in total. The molecule has 5 heteroatoms. The molecule has 1 aromatic heterocycles. The zero-order valence-corrected chi connectivity index (χ0v) is 13.2. The molecule has 3 rings (SSSR count). The van der Waals surface area contributed by atoms with Crippen molar-refractivity contribution in [1.82, 2.24) is 4.98 Å². The zero-order chi connectivity index (χ0) is 16.9. The van der Waals surface area contributed by atoms with E-state index in [0.717, 1.165) is 5.56 Å². The van der Waals surface area contributed by atoms with Crippen LogP contribution in [-0.2, 0) is 9.53 Å². The van der Waals surface area contributed by atoms with E-state index in [9.17, 15) is 9.59 Å². The lowest BCUT2D eigenvalue weighted by molar-refractivity contribution is -0.119. The third kappa shape index (κ3) is 3.57. The number of nitrogens with zero attached hydrogens (tertiary/aromatic N) is 1. The number of esters is 1. The number of ether oxygens (including phenoxy) is 1. The SMILES string of the molecule is Cc1ccc(NC(=O)COC(=O)c2ccnc3ccccc23)cc1. The second-order valence-electron chi connectivity index (χ2n) is 5.37. The number of anilines is 1. The van der Waals surface area contributed by atoms with E-state index >= 15 is 0 Å². The lowest BCUT2D eigenvalue weighted by Crippen LogP contribution is -2.21. The molecule has 120 valence electrons. The van der Waals surface area contributed by atoms with Gasteiger partial charge in [0, 0.05) is 17.3 Å². The highest BCUT2D eigenvalue weighted by Crippen LogP contribution is 2.17. The number of fused-ring (bicyclic) bond motifs is 1. The van der Waals surface area contributed by atoms with Crippen LogP contribution in [0.2, 0.25) is 0 Å². The Bertz CT molecular complexity index is 883. The van der Waals surface area contributed by atoms with Crippen LogP contribution in [0.4, 0.5) is 5.69 Å². The maximum Gasteiger partial charge on any atom is 0.339 e. The first-order valence-corrected chi connectivity index (χ1v) is 7.51. The van der Waals surface area contributed by atoms with Crippen molar-refractivity contribution in [3.63, 3.8) is 0 Å². The largest absolute Gasteiger partial charge is 0.452 e. The molecule has 0 saturated carbocycles. The molecule has 1 heterocycles. The topological polar surface area (TPSA) is 68.3 Å². The van der Waals surface area contributed by atoms with Crippen molar-refractivity contribution in [1.29, 1.82) is 0 Å². The number of aryl methyl sites for hydroxylation is 1. The Morgan fingerprint density at radius 1 is 1.04 bits per heavy atom. The fourth-order valence-electron chi connectivity index (χ4n) is 2.32. The number of para-hydroxylation sites is 1. The Morgan fingerprint density at radius 2 is 1.79 bits per heavy atom. The van der Waals surface area contributed by atoms with E-state index in [2.05, 4.69) is 10.3 Å². The van der Waals surface area contributed by atoms with E-state index in [1.165, 1.54) is 0 Å². The minimum Gasteiger partial charge on any atom is -0.452 e. The molecular weight excluding hydrogens is 304 g/mol. The third-order valence-electron chi connectivity index (χ3n) is 3.54. The number of aromatic nitrogens is 1. The number of pyridine rings is 1. The van der Waals surface area contributed by atoms with Gasteiger partial charge in [0.25, 0.3) is 5.91 Å². The smallest absolute Gasteiger partial charge is 0.339 e. The normalized spacial score (nSPS) is 10.4. The van der Waals surface area contributed by atoms with E-state index in [1.54, 1.807) is 30.5 Å². The Kier molecular flexibility index (Phi) is 4.52. The van der Waals surface area contributed by atoms with Gasteiger partial charge in [-0.05, 0) is 31.2 Å². The van der Waals surface area contributed by atoms with Crippen LogP contribution >= 0.6 is 0 Å². The van der Waals surface area contributed by atoms with Gasteiger partial charge in [0.1, 0.15) is 0 Å². The van der Waals surface area contributed by atoms with Gasteiger partial charge < -0.3 is 10.1 Å². The molecule has 24 heavy (non-hydrogen) atoms. The number of rotatable bonds is 4. The van der Waals surface area contributed by atoms with Crippen LogP contribution in [0.25, 0.3) is 10.9 Å². The summed E-state index contributed by atoms with van der Waals surface area (Å²) in [5, 5.41) is 3.38. The molecule has 0 aliphatic rings. The van der Waals surface area contributed by atoms with E-state index in [-0.39, 0.29) is 12.5 Å². The van der Waals surface area contributed by atoms with Gasteiger partial charge in [-0.1, -0.05) is 35.9 Å². The van der Waals surface area contributed by atoms with Crippen molar-refractivity contribution in [3.05, 3.63) is 71.9 Å². The maximum absolute atomic E-state index is 12.2. The first-order valence-electron chi connectivity index (χ1n) is 7.51. The molecular formula is C19H16N2O3. The molecule has 0 aliphatic heterocycles. The highest BCUT2D eigenvalue weighted by Gasteiger charge is 2.13. The lowest BCUT2D eigenvalue weighted by atomic mass is 10.1. The summed E-state index contributed by atoms with van der Waals surface area (Å²) in [4.78, 5) is 28.3. The van der Waals surface area contributed by atoms with Crippen LogP contribution in [0.15, 0.2) is 60.8 Å². The molecule has 2 aromatic carbocycles. The minimum atomic E-state index is -0.548. The van der Waals surface area contributed by atoms with Gasteiger partial charge >= 0.3 is 5.97 Å². The van der Waals surface area contributed by atoms with Crippen molar-refractivity contribution in [2.45, 2.75) is 6.92 Å². The summed E-state index contributed by atoms with van der Waals surface area (Å²) in [6, 6.07) is 16.3. The molecule has 0 atom stereocenters. The van der Waals surface area contributed by atoms with Crippen LogP contribution in [0.5, 0.6) is 0 Å². The van der Waals surface area contributed by atoms with E-state index in [1.807, 2.05) is 37.3 Å². The van der Waals surface area contributed by atoms with Crippen LogP contribution in [-0.4, -0.2) is 23.5 Å². The number of amides is 1. The standard InChI is InChI=1S/C19H16N2O3/c1-13-6-8-14(9-7-13)21-18(22)12-24-19(23)16-10-11-20-17-5-3-2-4-15(16)17/h2-11H,12H2,1H3,(H,21,22). The summed E-state index contributed by atoms with van der Waals surface area (Å²) in [6.45, 7) is 1.62. The number of carbonyl (C=O) groups excluding carboxylic acids is 2. The molecule has 0 saturated heterocycles. The number of hydrogen-bond acceptors (Lipinski definition) is 4. The van der Waals surface area contributed by atoms with Crippen molar-refractivity contribution in [3.8, 4) is 0 Å². The Morgan fingerprint density at radius 3 is 2.58 bits per heavy atom. The van der Waals surface area contributed by atoms with Crippen LogP contribution < -0.4 is 5.32 Å². The molecule has 3 aromatic rings. The van der Waals surface area contributed by atoms with Crippen molar-refractivity contribution >= 4 is 28.5 Å². The summed E-state index contributed by atoms with van der Waals surface area (Å²) in [5.74, 6) is -0.932. The summed E-state index contributed by atoms with van der Waals surface area (Å²) >= 11 is 0. The summed E-state index contributed by atoms with van der Waals surface area (Å²) in [7, 11) is 0. The summed E-state index contributed by atoms with van der Waals surface area (Å²) in [5.41, 5.74) is 2.86. The van der Waals surface area contributed by atoms with Gasteiger partial charge in [-0.2, -0.15) is 0 Å². The Labute approximate surface area is 139 Å². The fourth-order valence-corrected chi connectivity index (χ4v) is 2.32. The first kappa shape index (κ1) is 15.7. The highest BCUT2D eigenvalue weighted by atomic mass is 16.5. The highest BCUT2D eigenvalue weighted by molar-refractivity contribution is 6.04. The molecule has 0 unspecified atom stereocenters. The van der Waals surface area contributed by atoms with Crippen LogP contribution in [0.1, 0.15) is 15.9 Å². The average molecular weight is 320 g/mol. The van der Waals surface area contributed by atoms with E-state index in [4.69, 9.17) is 4.74 Å². The predicted octanol–water partition coefficient (Wildman–Crippen LogP) is 3.34. The predicted molar refractivity (Wildman–Crippen MR) is 91.8 cm³/mol. The van der Waals surface area contributed by atoms with Gasteiger partial charge in [0.2, 0.25) is 0 Å². The molecule has 1 amide bonds. The van der Waals surface area contributed by atoms with Crippen molar-refractivity contribution in [2.24, 2.45) is 0 Å². The second-order valence-corrected chi connectivity index (χ2v) is 5.37. The number of nitrogens with one attached hydrogen (secondary N) is 1. The summed E-state index contributed by atoms with van der Waals surface area (Å²) in [6.07, 6.45) is 1.55. The molecule has 1 N–H and O–H groups in total. The zero-order valence-electron chi connectivity index (χ0n) is 13.2. The van der Waals surface area contributed by atoms with Gasteiger partial charge in [-0.25, -0.2) is 4.79 Å². The van der Waals surface area contributed by atoms with E-state index in [0.29, 0.717) is 22.2 Å². The maximum atomic E-state index is 12.2. The quantitative estimate of drug-likeness (QED) is 0.749. The third-order valence-corrected chi connectivity index (χ3v) is 3.54. The van der Waals surface area contributed by atoms with Gasteiger partial charge in [-0.15, -0.1) is 0 Å². The van der Waals surface area contributed by atoms with Gasteiger partial charge in [0.05, 0.1) is 11.1 Å². The van der Waals surface area contributed by atoms with Crippen molar-refractivity contribution in [2.75, 3.05) is 11.9 Å². The Hall–Kier alpha value is -3.21. The second kappa shape index (κ2) is 6.91. The lowest BCUT2D eigenvalue weighted by Gasteiger charge is -2.08. The van der Waals surface area contributed by atoms with Crippen LogP contribution in [0.3, 0.4) is 0 Å². The fraction of sp³-hybridized carbons (Fsp3) is 0.105. The number of hydrogen-bond donors (Lipinski definition) is 1. The molecule has 0 aliphatic carbocycles. The number of carbonyl (C=O) groups is 2. The van der Waals surface area contributed by atoms with Crippen molar-refractivity contribution < 1.29 is 14.3 Å². The first-order chi connectivity index (χ1) is 11.6.